The molecular weight excluding hydrogens is 330 g/mol. The molecule has 1 atom stereocenters. The van der Waals surface area contributed by atoms with Crippen LogP contribution in [0.2, 0.25) is 0 Å². The van der Waals surface area contributed by atoms with Crippen molar-refractivity contribution in [3.05, 3.63) is 59.4 Å². The van der Waals surface area contributed by atoms with E-state index in [1.807, 2.05) is 51.2 Å². The van der Waals surface area contributed by atoms with E-state index in [-0.39, 0.29) is 12.1 Å². The van der Waals surface area contributed by atoms with Crippen LogP contribution in [0, 0.1) is 6.92 Å². The van der Waals surface area contributed by atoms with Gasteiger partial charge in [0.25, 0.3) is 0 Å². The third-order valence-electron chi connectivity index (χ3n) is 4.15. The van der Waals surface area contributed by atoms with E-state index in [0.29, 0.717) is 6.42 Å². The van der Waals surface area contributed by atoms with Gasteiger partial charge < -0.3 is 10.6 Å². The van der Waals surface area contributed by atoms with Crippen molar-refractivity contribution in [1.82, 2.24) is 30.3 Å². The molecule has 0 fully saturated rings. The zero-order valence-corrected chi connectivity index (χ0v) is 15.2. The highest BCUT2D eigenvalue weighted by Gasteiger charge is 2.15. The number of nitrogens with one attached hydrogen (secondary N) is 3. The summed E-state index contributed by atoms with van der Waals surface area (Å²) in [6.07, 6.45) is 3.16. The fraction of sp³-hybridized carbons (Fsp3) is 0.333. The molecule has 0 radical (unpaired) electrons. The summed E-state index contributed by atoms with van der Waals surface area (Å²) in [4.78, 5) is 16.6. The average molecular weight is 353 g/mol. The van der Waals surface area contributed by atoms with Crippen molar-refractivity contribution in [3.8, 4) is 0 Å². The predicted molar refractivity (Wildman–Crippen MR) is 98.8 cm³/mol. The molecule has 2 amide bonds. The number of urea groups is 1. The third-order valence-corrected chi connectivity index (χ3v) is 4.15. The zero-order valence-electron chi connectivity index (χ0n) is 15.2. The van der Waals surface area contributed by atoms with Gasteiger partial charge in [0.2, 0.25) is 0 Å². The molecule has 0 saturated carbocycles. The molecule has 0 bridgehead atoms. The molecule has 8 heteroatoms. The van der Waals surface area contributed by atoms with Crippen molar-refractivity contribution < 1.29 is 4.79 Å². The molecule has 0 aliphatic rings. The maximum atomic E-state index is 12.3. The minimum absolute atomic E-state index is 0.0873. The van der Waals surface area contributed by atoms with E-state index in [1.54, 1.807) is 10.9 Å². The van der Waals surface area contributed by atoms with E-state index in [0.717, 1.165) is 35.0 Å². The summed E-state index contributed by atoms with van der Waals surface area (Å²) in [7, 11) is 1.87. The Labute approximate surface area is 152 Å². The second kappa shape index (κ2) is 7.81. The highest BCUT2D eigenvalue weighted by molar-refractivity contribution is 5.89. The lowest BCUT2D eigenvalue weighted by Gasteiger charge is -2.17. The highest BCUT2D eigenvalue weighted by Crippen LogP contribution is 2.16. The summed E-state index contributed by atoms with van der Waals surface area (Å²) in [5, 5.41) is 17.0. The minimum Gasteiger partial charge on any atom is -0.330 e. The summed E-state index contributed by atoms with van der Waals surface area (Å²) in [6.45, 7) is 3.90. The number of aromatic nitrogens is 5. The van der Waals surface area contributed by atoms with Crippen LogP contribution in [0.25, 0.3) is 0 Å². The lowest BCUT2D eigenvalue weighted by molar-refractivity contribution is 0.247. The van der Waals surface area contributed by atoms with Gasteiger partial charge in [0.05, 0.1) is 11.7 Å². The molecule has 136 valence electrons. The van der Waals surface area contributed by atoms with Crippen LogP contribution in [0.1, 0.15) is 42.3 Å². The first-order valence-electron chi connectivity index (χ1n) is 8.57. The molecule has 3 rings (SSSR count). The van der Waals surface area contributed by atoms with Crippen LogP contribution >= 0.6 is 0 Å². The number of benzene rings is 1. The van der Waals surface area contributed by atoms with Gasteiger partial charge in [-0.05, 0) is 37.1 Å². The van der Waals surface area contributed by atoms with E-state index in [4.69, 9.17) is 0 Å². The minimum atomic E-state index is -0.240. The molecule has 2 heterocycles. The van der Waals surface area contributed by atoms with Crippen LogP contribution in [0.15, 0.2) is 36.5 Å². The molecule has 0 aliphatic heterocycles. The van der Waals surface area contributed by atoms with E-state index in [2.05, 4.69) is 30.9 Å². The first-order valence-corrected chi connectivity index (χ1v) is 8.57. The van der Waals surface area contributed by atoms with Crippen molar-refractivity contribution in [1.29, 1.82) is 0 Å². The van der Waals surface area contributed by atoms with Crippen LogP contribution < -0.4 is 10.6 Å². The van der Waals surface area contributed by atoms with E-state index < -0.39 is 0 Å². The first kappa shape index (κ1) is 17.7. The Bertz CT molecular complexity index is 866. The maximum absolute atomic E-state index is 12.3. The van der Waals surface area contributed by atoms with Gasteiger partial charge in [-0.3, -0.25) is 9.78 Å². The van der Waals surface area contributed by atoms with Gasteiger partial charge in [-0.15, -0.1) is 0 Å². The number of aromatic amines is 1. The van der Waals surface area contributed by atoms with Gasteiger partial charge in [0, 0.05) is 25.4 Å². The fourth-order valence-corrected chi connectivity index (χ4v) is 2.79. The normalized spacial score (nSPS) is 12.0. The van der Waals surface area contributed by atoms with Crippen molar-refractivity contribution in [2.45, 2.75) is 32.7 Å². The fourth-order valence-electron chi connectivity index (χ4n) is 2.79. The number of nitrogens with zero attached hydrogens (tertiary/aromatic N) is 4. The van der Waals surface area contributed by atoms with Crippen LogP contribution in [-0.2, 0) is 13.5 Å². The van der Waals surface area contributed by atoms with Gasteiger partial charge in [-0.2, -0.15) is 10.2 Å². The van der Waals surface area contributed by atoms with E-state index >= 15 is 0 Å². The lowest BCUT2D eigenvalue weighted by atomic mass is 10.1. The predicted octanol–water partition coefficient (Wildman–Crippen LogP) is 2.71. The molecule has 0 saturated heterocycles. The largest absolute Gasteiger partial charge is 0.330 e. The summed E-state index contributed by atoms with van der Waals surface area (Å²) in [5.74, 6) is 1.55. The number of rotatable bonds is 6. The summed E-state index contributed by atoms with van der Waals surface area (Å²) >= 11 is 0. The molecule has 1 aromatic carbocycles. The Morgan fingerprint density at radius 3 is 2.62 bits per heavy atom. The number of H-pyrrole nitrogens is 1. The summed E-state index contributed by atoms with van der Waals surface area (Å²) < 4.78 is 1.77. The monoisotopic (exact) mass is 353 g/mol. The number of amides is 2. The number of hydrogen-bond acceptors (Lipinski definition) is 4. The summed E-state index contributed by atoms with van der Waals surface area (Å²) in [5.41, 5.74) is 2.79. The molecule has 3 aromatic rings. The molecular formula is C18H23N7O. The Hall–Kier alpha value is -3.16. The zero-order chi connectivity index (χ0) is 18.5. The maximum Gasteiger partial charge on any atom is 0.319 e. The Kier molecular flexibility index (Phi) is 5.31. The van der Waals surface area contributed by atoms with Crippen LogP contribution in [0.5, 0.6) is 0 Å². The smallest absolute Gasteiger partial charge is 0.319 e. The Balaban J connectivity index is 1.58. The van der Waals surface area contributed by atoms with Gasteiger partial charge >= 0.3 is 6.03 Å². The SMILES string of the molecule is CC[C@H](NC(=O)Nc1ccc(Cc2n[nH]c(C)n2)cc1)c1ccnn1C. The number of carbonyl (C=O) groups is 1. The molecule has 2 aromatic heterocycles. The number of anilines is 1. The average Bonchev–Trinajstić information content (AvgIpc) is 3.23. The molecule has 0 aliphatic carbocycles. The quantitative estimate of drug-likeness (QED) is 0.634. The van der Waals surface area contributed by atoms with Gasteiger partial charge in [0.15, 0.2) is 5.82 Å². The molecule has 8 nitrogen and oxygen atoms in total. The van der Waals surface area contributed by atoms with Gasteiger partial charge in [0.1, 0.15) is 5.82 Å². The van der Waals surface area contributed by atoms with Gasteiger partial charge in [-0.25, -0.2) is 9.78 Å². The Morgan fingerprint density at radius 1 is 1.27 bits per heavy atom. The topological polar surface area (TPSA) is 101 Å². The first-order chi connectivity index (χ1) is 12.5. The number of hydrogen-bond donors (Lipinski definition) is 3. The molecule has 26 heavy (non-hydrogen) atoms. The molecule has 0 unspecified atom stereocenters. The van der Waals surface area contributed by atoms with Crippen LogP contribution in [0.4, 0.5) is 10.5 Å². The van der Waals surface area contributed by atoms with Crippen molar-refractivity contribution in [3.63, 3.8) is 0 Å². The van der Waals surface area contributed by atoms with Crippen molar-refractivity contribution in [2.24, 2.45) is 7.05 Å². The van der Waals surface area contributed by atoms with Crippen LogP contribution in [0.3, 0.4) is 0 Å². The van der Waals surface area contributed by atoms with E-state index in [9.17, 15) is 4.79 Å². The van der Waals surface area contributed by atoms with E-state index in [1.165, 1.54) is 0 Å². The molecule has 3 N–H and O–H groups in total. The summed E-state index contributed by atoms with van der Waals surface area (Å²) in [6, 6.07) is 9.25. The third kappa shape index (κ3) is 4.27. The van der Waals surface area contributed by atoms with Crippen molar-refractivity contribution >= 4 is 11.7 Å². The van der Waals surface area contributed by atoms with Crippen molar-refractivity contribution in [2.75, 3.05) is 5.32 Å². The number of aryl methyl sites for hydroxylation is 2. The molecule has 0 spiro atoms. The standard InChI is InChI=1S/C18H23N7O/c1-4-15(16-9-10-19-25(16)3)22-18(26)21-14-7-5-13(6-8-14)11-17-20-12(2)23-24-17/h5-10,15H,4,11H2,1-3H3,(H,20,23,24)(H2,21,22,26)/t15-/m0/s1. The highest BCUT2D eigenvalue weighted by atomic mass is 16.2. The second-order valence-corrected chi connectivity index (χ2v) is 6.15. The Morgan fingerprint density at radius 2 is 2.04 bits per heavy atom. The van der Waals surface area contributed by atoms with Crippen LogP contribution in [-0.4, -0.2) is 31.0 Å². The second-order valence-electron chi connectivity index (χ2n) is 6.15. The van der Waals surface area contributed by atoms with Gasteiger partial charge in [-0.1, -0.05) is 19.1 Å². The lowest BCUT2D eigenvalue weighted by Crippen LogP contribution is -2.33. The number of carbonyl (C=O) groups excluding carboxylic acids is 1.